The zero-order valence-corrected chi connectivity index (χ0v) is 13.3. The molecule has 0 spiro atoms. The molecule has 0 atom stereocenters. The minimum absolute atomic E-state index is 0.128. The van der Waals surface area contributed by atoms with E-state index in [2.05, 4.69) is 15.1 Å². The highest BCUT2D eigenvalue weighted by molar-refractivity contribution is 7.19. The van der Waals surface area contributed by atoms with Gasteiger partial charge in [0.15, 0.2) is 5.65 Å². The van der Waals surface area contributed by atoms with Gasteiger partial charge in [-0.15, -0.1) is 16.4 Å². The van der Waals surface area contributed by atoms with Crippen molar-refractivity contribution in [3.63, 3.8) is 0 Å². The molecule has 118 valence electrons. The highest BCUT2D eigenvalue weighted by atomic mass is 32.1. The number of ether oxygens (including phenoxy) is 1. The van der Waals surface area contributed by atoms with Gasteiger partial charge in [0.25, 0.3) is 5.91 Å². The van der Waals surface area contributed by atoms with Gasteiger partial charge in [0, 0.05) is 18.0 Å². The molecular weight excluding hydrogens is 314 g/mol. The van der Waals surface area contributed by atoms with Crippen LogP contribution in [0.25, 0.3) is 15.9 Å². The van der Waals surface area contributed by atoms with Gasteiger partial charge in [-0.05, 0) is 24.8 Å². The van der Waals surface area contributed by atoms with Gasteiger partial charge >= 0.3 is 0 Å². The highest BCUT2D eigenvalue weighted by Gasteiger charge is 2.25. The van der Waals surface area contributed by atoms with Crippen LogP contribution >= 0.6 is 11.3 Å². The molecule has 1 fully saturated rings. The van der Waals surface area contributed by atoms with Crippen molar-refractivity contribution in [3.8, 4) is 0 Å². The van der Waals surface area contributed by atoms with Gasteiger partial charge in [-0.2, -0.15) is 0 Å². The van der Waals surface area contributed by atoms with Gasteiger partial charge in [0.2, 0.25) is 5.82 Å². The molecule has 5 rings (SSSR count). The van der Waals surface area contributed by atoms with Crippen LogP contribution in [0.5, 0.6) is 0 Å². The first-order chi connectivity index (χ1) is 11.3. The van der Waals surface area contributed by atoms with Crippen molar-refractivity contribution in [3.05, 3.63) is 22.6 Å². The molecular formula is C15H15N5O2S. The zero-order valence-electron chi connectivity index (χ0n) is 12.5. The van der Waals surface area contributed by atoms with Gasteiger partial charge in [-0.3, -0.25) is 4.79 Å². The Morgan fingerprint density at radius 3 is 3.00 bits per heavy atom. The van der Waals surface area contributed by atoms with Crippen LogP contribution in [-0.4, -0.2) is 56.7 Å². The number of carbonyl (C=O) groups excluding carboxylic acids is 1. The van der Waals surface area contributed by atoms with Gasteiger partial charge < -0.3 is 9.64 Å². The van der Waals surface area contributed by atoms with Crippen molar-refractivity contribution in [2.75, 3.05) is 26.3 Å². The van der Waals surface area contributed by atoms with Crippen LogP contribution in [0.1, 0.15) is 27.5 Å². The highest BCUT2D eigenvalue weighted by Crippen LogP contribution is 2.37. The smallest absolute Gasteiger partial charge is 0.293 e. The lowest BCUT2D eigenvalue weighted by atomic mass is 10.2. The number of amides is 1. The van der Waals surface area contributed by atoms with Gasteiger partial charge in [0.05, 0.1) is 18.6 Å². The molecule has 0 aromatic carbocycles. The van der Waals surface area contributed by atoms with E-state index >= 15 is 0 Å². The van der Waals surface area contributed by atoms with Crippen LogP contribution in [0, 0.1) is 0 Å². The molecule has 2 aliphatic rings. The maximum atomic E-state index is 12.6. The van der Waals surface area contributed by atoms with Crippen molar-refractivity contribution >= 4 is 33.1 Å². The fourth-order valence-corrected chi connectivity index (χ4v) is 4.61. The number of hydrogen-bond acceptors (Lipinski definition) is 6. The van der Waals surface area contributed by atoms with E-state index in [1.54, 1.807) is 27.1 Å². The van der Waals surface area contributed by atoms with E-state index in [0.29, 0.717) is 26.3 Å². The maximum Gasteiger partial charge on any atom is 0.293 e. The molecule has 0 unspecified atom stereocenters. The predicted octanol–water partition coefficient (Wildman–Crippen LogP) is 1.30. The number of hydrogen-bond donors (Lipinski definition) is 0. The number of thiophene rings is 1. The Morgan fingerprint density at radius 1 is 1.26 bits per heavy atom. The summed E-state index contributed by atoms with van der Waals surface area (Å²) in [6, 6.07) is 0. The second-order valence-electron chi connectivity index (χ2n) is 5.89. The summed E-state index contributed by atoms with van der Waals surface area (Å²) in [5.41, 5.74) is 2.10. The first-order valence-electron chi connectivity index (χ1n) is 7.84. The third-order valence-corrected chi connectivity index (χ3v) is 5.73. The number of aromatic nitrogens is 4. The molecule has 1 aliphatic heterocycles. The summed E-state index contributed by atoms with van der Waals surface area (Å²) in [7, 11) is 0. The van der Waals surface area contributed by atoms with Crippen molar-refractivity contribution < 1.29 is 9.53 Å². The molecule has 0 radical (unpaired) electrons. The Hall–Kier alpha value is -2.06. The molecule has 0 N–H and O–H groups in total. The lowest BCUT2D eigenvalue weighted by molar-refractivity contribution is 0.0295. The summed E-state index contributed by atoms with van der Waals surface area (Å²) >= 11 is 1.74. The largest absolute Gasteiger partial charge is 0.378 e. The maximum absolute atomic E-state index is 12.6. The molecule has 0 saturated carbocycles. The van der Waals surface area contributed by atoms with Crippen molar-refractivity contribution in [1.29, 1.82) is 0 Å². The van der Waals surface area contributed by atoms with E-state index in [-0.39, 0.29) is 11.7 Å². The Bertz CT molecular complexity index is 925. The van der Waals surface area contributed by atoms with Gasteiger partial charge in [-0.1, -0.05) is 0 Å². The molecule has 7 nitrogen and oxygen atoms in total. The SMILES string of the molecule is O=C(c1nc2c3c4c(sc3ncn2n1)CCC4)N1CCOCC1. The molecule has 23 heavy (non-hydrogen) atoms. The van der Waals surface area contributed by atoms with E-state index in [9.17, 15) is 4.79 Å². The fraction of sp³-hybridized carbons (Fsp3) is 0.467. The van der Waals surface area contributed by atoms with E-state index in [1.165, 1.54) is 16.9 Å². The lowest BCUT2D eigenvalue weighted by Crippen LogP contribution is -2.41. The summed E-state index contributed by atoms with van der Waals surface area (Å²) in [6.45, 7) is 2.33. The van der Waals surface area contributed by atoms with Crippen LogP contribution in [0.2, 0.25) is 0 Å². The van der Waals surface area contributed by atoms with Crippen molar-refractivity contribution in [2.45, 2.75) is 19.3 Å². The molecule has 4 heterocycles. The summed E-state index contributed by atoms with van der Waals surface area (Å²) < 4.78 is 6.93. The van der Waals surface area contributed by atoms with Crippen LogP contribution in [0.4, 0.5) is 0 Å². The normalized spacial score (nSPS) is 18.0. The van der Waals surface area contributed by atoms with Crippen LogP contribution in [0.3, 0.4) is 0 Å². The number of fused-ring (bicyclic) bond motifs is 5. The summed E-state index contributed by atoms with van der Waals surface area (Å²) in [5.74, 6) is 0.121. The van der Waals surface area contributed by atoms with Crippen molar-refractivity contribution in [2.24, 2.45) is 0 Å². The third-order valence-electron chi connectivity index (χ3n) is 4.53. The molecule has 1 aliphatic carbocycles. The molecule has 3 aromatic rings. The molecule has 1 saturated heterocycles. The quantitative estimate of drug-likeness (QED) is 0.673. The number of carbonyl (C=O) groups is 1. The van der Waals surface area contributed by atoms with E-state index < -0.39 is 0 Å². The van der Waals surface area contributed by atoms with Crippen LogP contribution < -0.4 is 0 Å². The average Bonchev–Trinajstić information content (AvgIpc) is 3.27. The van der Waals surface area contributed by atoms with E-state index in [1.807, 2.05) is 0 Å². The molecule has 1 amide bonds. The van der Waals surface area contributed by atoms with Crippen LogP contribution in [0.15, 0.2) is 6.33 Å². The van der Waals surface area contributed by atoms with E-state index in [0.717, 1.165) is 28.7 Å². The van der Waals surface area contributed by atoms with Crippen LogP contribution in [-0.2, 0) is 17.6 Å². The Labute approximate surface area is 135 Å². The fourth-order valence-electron chi connectivity index (χ4n) is 3.39. The molecule has 8 heteroatoms. The minimum atomic E-state index is -0.128. The number of aryl methyl sites for hydroxylation is 2. The summed E-state index contributed by atoms with van der Waals surface area (Å²) in [6.07, 6.45) is 5.03. The third kappa shape index (κ3) is 1.98. The zero-order chi connectivity index (χ0) is 15.4. The Morgan fingerprint density at radius 2 is 2.13 bits per heavy atom. The number of morpholine rings is 1. The second-order valence-corrected chi connectivity index (χ2v) is 6.97. The first-order valence-corrected chi connectivity index (χ1v) is 8.65. The number of rotatable bonds is 1. The standard InChI is InChI=1S/C15H15N5O2S/c21-15(19-4-6-22-7-5-19)12-17-13-11-9-2-1-3-10(9)23-14(11)16-8-20(13)18-12/h8H,1-7H2. The lowest BCUT2D eigenvalue weighted by Gasteiger charge is -2.25. The summed E-state index contributed by atoms with van der Waals surface area (Å²) in [4.78, 5) is 25.8. The Kier molecular flexibility index (Phi) is 2.89. The Balaban J connectivity index is 1.64. The molecule has 3 aromatic heterocycles. The van der Waals surface area contributed by atoms with E-state index in [4.69, 9.17) is 4.74 Å². The predicted molar refractivity (Wildman–Crippen MR) is 84.9 cm³/mol. The molecule has 0 bridgehead atoms. The van der Waals surface area contributed by atoms with Gasteiger partial charge in [-0.25, -0.2) is 14.5 Å². The number of nitrogens with zero attached hydrogens (tertiary/aromatic N) is 5. The first kappa shape index (κ1) is 13.4. The minimum Gasteiger partial charge on any atom is -0.378 e. The van der Waals surface area contributed by atoms with Gasteiger partial charge in [0.1, 0.15) is 11.2 Å². The second kappa shape index (κ2) is 4.97. The topological polar surface area (TPSA) is 72.6 Å². The average molecular weight is 329 g/mol. The summed E-state index contributed by atoms with van der Waals surface area (Å²) in [5, 5.41) is 5.44. The monoisotopic (exact) mass is 329 g/mol. The van der Waals surface area contributed by atoms with Crippen molar-refractivity contribution in [1.82, 2.24) is 24.5 Å².